The Morgan fingerprint density at radius 1 is 0.500 bits per heavy atom. The molecule has 0 fully saturated rings. The molecule has 1 N–H and O–H groups in total. The lowest BCUT2D eigenvalue weighted by atomic mass is 10.0. The molecule has 9 heteroatoms. The van der Waals surface area contributed by atoms with Crippen LogP contribution in [0.1, 0.15) is 213 Å². The van der Waals surface area contributed by atoms with E-state index in [2.05, 4.69) is 50.3 Å². The van der Waals surface area contributed by atoms with Gasteiger partial charge in [-0.3, -0.25) is 9.59 Å². The highest BCUT2D eigenvalue weighted by molar-refractivity contribution is 5.71. The van der Waals surface area contributed by atoms with E-state index in [1.807, 2.05) is 21.1 Å². The molecule has 0 spiro atoms. The van der Waals surface area contributed by atoms with E-state index in [4.69, 9.17) is 18.9 Å². The topological polar surface area (TPSA) is 108 Å². The van der Waals surface area contributed by atoms with Crippen molar-refractivity contribution in [2.75, 3.05) is 47.5 Å². The van der Waals surface area contributed by atoms with Crippen LogP contribution in [0.5, 0.6) is 0 Å². The summed E-state index contributed by atoms with van der Waals surface area (Å²) in [4.78, 5) is 37.2. The van der Waals surface area contributed by atoms with Gasteiger partial charge in [0.25, 0.3) is 6.29 Å². The molecular formula is C51H94NO8+. The first-order chi connectivity index (χ1) is 29.1. The molecule has 2 atom stereocenters. The van der Waals surface area contributed by atoms with Gasteiger partial charge in [-0.25, -0.2) is 4.79 Å². The third kappa shape index (κ3) is 43.6. The highest BCUT2D eigenvalue weighted by Gasteiger charge is 2.25. The van der Waals surface area contributed by atoms with Gasteiger partial charge < -0.3 is 28.5 Å². The summed E-state index contributed by atoms with van der Waals surface area (Å²) in [5.41, 5.74) is 0. The highest BCUT2D eigenvalue weighted by atomic mass is 16.7. The Morgan fingerprint density at radius 3 is 1.37 bits per heavy atom. The molecule has 9 nitrogen and oxygen atoms in total. The van der Waals surface area contributed by atoms with E-state index in [1.165, 1.54) is 122 Å². The summed E-state index contributed by atoms with van der Waals surface area (Å²) in [5, 5.41) is 9.65. The van der Waals surface area contributed by atoms with Crippen molar-refractivity contribution in [3.05, 3.63) is 36.5 Å². The maximum absolute atomic E-state index is 12.8. The van der Waals surface area contributed by atoms with Crippen molar-refractivity contribution in [2.45, 2.75) is 225 Å². The summed E-state index contributed by atoms with van der Waals surface area (Å²) in [6, 6.07) is 0. The van der Waals surface area contributed by atoms with Gasteiger partial charge in [-0.2, -0.15) is 0 Å². The van der Waals surface area contributed by atoms with Gasteiger partial charge in [0.2, 0.25) is 0 Å². The van der Waals surface area contributed by atoms with Crippen LogP contribution in [0.4, 0.5) is 0 Å². The lowest BCUT2D eigenvalue weighted by molar-refractivity contribution is -0.870. The molecule has 350 valence electrons. The van der Waals surface area contributed by atoms with E-state index >= 15 is 0 Å². The Labute approximate surface area is 369 Å². The van der Waals surface area contributed by atoms with Crippen LogP contribution in [0, 0.1) is 0 Å². The van der Waals surface area contributed by atoms with Gasteiger partial charge in [-0.15, -0.1) is 0 Å². The SMILES string of the molecule is CCCCC/C=C\CCCCCCCC(=O)OCC(COC(OCC[N+](C)(C)C)C(=O)O)OC(=O)CCCCCCCCCCCCC/C=C\C/C=C\CCCCCCC. The molecule has 0 aromatic heterocycles. The number of hydrogen-bond acceptors (Lipinski definition) is 7. The van der Waals surface area contributed by atoms with E-state index < -0.39 is 24.3 Å². The van der Waals surface area contributed by atoms with Crippen LogP contribution in [0.15, 0.2) is 36.5 Å². The maximum Gasteiger partial charge on any atom is 0.361 e. The zero-order chi connectivity index (χ0) is 44.2. The average Bonchev–Trinajstić information content (AvgIpc) is 3.21. The van der Waals surface area contributed by atoms with Crippen LogP contribution in [0.2, 0.25) is 0 Å². The molecule has 0 rings (SSSR count). The molecule has 0 saturated carbocycles. The average molecular weight is 849 g/mol. The second-order valence-electron chi connectivity index (χ2n) is 17.8. The number of allylic oxidation sites excluding steroid dienone is 6. The Balaban J connectivity index is 4.31. The van der Waals surface area contributed by atoms with Crippen molar-refractivity contribution in [1.82, 2.24) is 0 Å². The third-order valence-corrected chi connectivity index (χ3v) is 10.6. The number of carboxylic acids is 1. The highest BCUT2D eigenvalue weighted by Crippen LogP contribution is 2.15. The van der Waals surface area contributed by atoms with Crippen molar-refractivity contribution >= 4 is 17.9 Å². The van der Waals surface area contributed by atoms with Crippen LogP contribution in [-0.2, 0) is 33.3 Å². The molecule has 0 aliphatic heterocycles. The Bertz CT molecular complexity index is 1080. The van der Waals surface area contributed by atoms with Gasteiger partial charge in [0.15, 0.2) is 6.10 Å². The second kappa shape index (κ2) is 43.2. The zero-order valence-electron chi connectivity index (χ0n) is 39.6. The predicted octanol–water partition coefficient (Wildman–Crippen LogP) is 13.4. The van der Waals surface area contributed by atoms with Crippen LogP contribution in [-0.4, -0.2) is 87.4 Å². The molecule has 2 unspecified atom stereocenters. The van der Waals surface area contributed by atoms with Gasteiger partial charge >= 0.3 is 17.9 Å². The number of carbonyl (C=O) groups is 3. The summed E-state index contributed by atoms with van der Waals surface area (Å²) < 4.78 is 22.8. The summed E-state index contributed by atoms with van der Waals surface area (Å²) in [5.74, 6) is -2.02. The molecule has 0 aliphatic rings. The number of ether oxygens (including phenoxy) is 4. The standard InChI is InChI=1S/C51H93NO8/c1-6-8-10-12-14-16-18-20-21-22-23-24-25-26-27-28-29-30-32-34-36-38-40-42-49(54)60-47(46-59-51(50(55)56)57-44-43-52(3,4)5)45-58-48(53)41-39-37-35-33-31-19-17-15-13-11-9-7-2/h15,17-18,20,22-23,47,51H,6-14,16,19,21,24-46H2,1-5H3/p+1/b17-15-,20-18-,23-22-. The number of unbranched alkanes of at least 4 members (excludes halogenated alkanes) is 24. The van der Waals surface area contributed by atoms with Crippen molar-refractivity contribution in [1.29, 1.82) is 0 Å². The number of esters is 2. The smallest absolute Gasteiger partial charge is 0.361 e. The number of likely N-dealkylation sites (N-methyl/N-ethyl adjacent to an activating group) is 1. The summed E-state index contributed by atoms with van der Waals surface area (Å²) in [7, 11) is 5.95. The van der Waals surface area contributed by atoms with Crippen molar-refractivity contribution in [2.24, 2.45) is 0 Å². The fourth-order valence-electron chi connectivity index (χ4n) is 6.74. The lowest BCUT2D eigenvalue weighted by Crippen LogP contribution is -2.40. The molecular weight excluding hydrogens is 755 g/mol. The molecule has 60 heavy (non-hydrogen) atoms. The lowest BCUT2D eigenvalue weighted by Gasteiger charge is -2.25. The zero-order valence-corrected chi connectivity index (χ0v) is 39.6. The van der Waals surface area contributed by atoms with E-state index in [0.29, 0.717) is 17.4 Å². The van der Waals surface area contributed by atoms with Crippen LogP contribution in [0.25, 0.3) is 0 Å². The molecule has 0 bridgehead atoms. The van der Waals surface area contributed by atoms with Crippen LogP contribution < -0.4 is 0 Å². The van der Waals surface area contributed by atoms with E-state index in [-0.39, 0.29) is 32.2 Å². The first-order valence-electron chi connectivity index (χ1n) is 24.7. The minimum atomic E-state index is -1.51. The Hall–Kier alpha value is -2.49. The van der Waals surface area contributed by atoms with E-state index in [9.17, 15) is 19.5 Å². The molecule has 0 radical (unpaired) electrons. The number of carbonyl (C=O) groups excluding carboxylic acids is 2. The van der Waals surface area contributed by atoms with Gasteiger partial charge in [-0.05, 0) is 70.6 Å². The number of nitrogens with zero attached hydrogens (tertiary/aromatic N) is 1. The molecule has 0 aromatic rings. The fourth-order valence-corrected chi connectivity index (χ4v) is 6.74. The molecule has 0 aromatic carbocycles. The van der Waals surface area contributed by atoms with Crippen molar-refractivity contribution in [3.8, 4) is 0 Å². The number of rotatable bonds is 45. The molecule has 0 saturated heterocycles. The number of hydrogen-bond donors (Lipinski definition) is 1. The minimum absolute atomic E-state index is 0.186. The summed E-state index contributed by atoms with van der Waals surface area (Å²) in [6.45, 7) is 4.83. The summed E-state index contributed by atoms with van der Waals surface area (Å²) >= 11 is 0. The molecule has 0 heterocycles. The fraction of sp³-hybridized carbons (Fsp3) is 0.824. The number of quaternary nitrogens is 1. The monoisotopic (exact) mass is 849 g/mol. The Kier molecular flexibility index (Phi) is 41.4. The number of carboxylic acid groups (broad SMARTS) is 1. The van der Waals surface area contributed by atoms with Crippen LogP contribution >= 0.6 is 0 Å². The first kappa shape index (κ1) is 57.5. The van der Waals surface area contributed by atoms with Crippen molar-refractivity contribution < 1.29 is 42.9 Å². The van der Waals surface area contributed by atoms with Gasteiger partial charge in [-0.1, -0.05) is 166 Å². The number of aliphatic carboxylic acids is 1. The van der Waals surface area contributed by atoms with Gasteiger partial charge in [0.05, 0.1) is 34.4 Å². The third-order valence-electron chi connectivity index (χ3n) is 10.6. The van der Waals surface area contributed by atoms with Crippen molar-refractivity contribution in [3.63, 3.8) is 0 Å². The van der Waals surface area contributed by atoms with E-state index in [1.54, 1.807) is 0 Å². The maximum atomic E-state index is 12.8. The van der Waals surface area contributed by atoms with Crippen LogP contribution in [0.3, 0.4) is 0 Å². The largest absolute Gasteiger partial charge is 0.477 e. The molecule has 0 aliphatic carbocycles. The molecule has 0 amide bonds. The predicted molar refractivity (Wildman–Crippen MR) is 249 cm³/mol. The summed E-state index contributed by atoms with van der Waals surface area (Å²) in [6.07, 6.45) is 46.3. The normalized spacial score (nSPS) is 13.2. The Morgan fingerprint density at radius 2 is 0.900 bits per heavy atom. The minimum Gasteiger partial charge on any atom is -0.477 e. The van der Waals surface area contributed by atoms with E-state index in [0.717, 1.165) is 64.2 Å². The second-order valence-corrected chi connectivity index (χ2v) is 17.8. The van der Waals surface area contributed by atoms with Gasteiger partial charge in [0.1, 0.15) is 13.2 Å². The first-order valence-corrected chi connectivity index (χ1v) is 24.7. The quantitative estimate of drug-likeness (QED) is 0.0212. The van der Waals surface area contributed by atoms with Gasteiger partial charge in [0, 0.05) is 12.8 Å².